The molecular formula is C14H12ClFN2O2. The van der Waals surface area contributed by atoms with Crippen molar-refractivity contribution in [2.75, 3.05) is 18.2 Å². The van der Waals surface area contributed by atoms with Crippen molar-refractivity contribution in [3.05, 3.63) is 52.8 Å². The lowest BCUT2D eigenvalue weighted by Gasteiger charge is -2.11. The monoisotopic (exact) mass is 294 g/mol. The van der Waals surface area contributed by atoms with Crippen LogP contribution in [-0.4, -0.2) is 13.0 Å². The number of anilines is 2. The third kappa shape index (κ3) is 3.00. The number of nitrogens with two attached hydrogens (primary N) is 1. The summed E-state index contributed by atoms with van der Waals surface area (Å²) >= 11 is 5.86. The fraction of sp³-hybridized carbons (Fsp3) is 0.0714. The van der Waals surface area contributed by atoms with Crippen molar-refractivity contribution in [1.82, 2.24) is 0 Å². The van der Waals surface area contributed by atoms with Gasteiger partial charge in [-0.05, 0) is 36.4 Å². The molecule has 0 atom stereocenters. The van der Waals surface area contributed by atoms with Crippen molar-refractivity contribution in [1.29, 1.82) is 0 Å². The summed E-state index contributed by atoms with van der Waals surface area (Å²) in [6.07, 6.45) is 0. The number of ether oxygens (including phenoxy) is 1. The Balaban J connectivity index is 2.30. The van der Waals surface area contributed by atoms with Gasteiger partial charge in [-0.15, -0.1) is 0 Å². The lowest BCUT2D eigenvalue weighted by molar-refractivity contribution is 0.102. The summed E-state index contributed by atoms with van der Waals surface area (Å²) < 4.78 is 18.8. The van der Waals surface area contributed by atoms with E-state index in [4.69, 9.17) is 22.1 Å². The van der Waals surface area contributed by atoms with Crippen LogP contribution in [-0.2, 0) is 0 Å². The molecule has 3 N–H and O–H groups in total. The zero-order valence-electron chi connectivity index (χ0n) is 10.6. The number of methoxy groups -OCH3 is 1. The highest BCUT2D eigenvalue weighted by Gasteiger charge is 2.14. The fourth-order valence-corrected chi connectivity index (χ4v) is 1.86. The van der Waals surface area contributed by atoms with E-state index < -0.39 is 11.7 Å². The number of benzene rings is 2. The van der Waals surface area contributed by atoms with E-state index in [1.54, 1.807) is 12.1 Å². The van der Waals surface area contributed by atoms with E-state index in [0.717, 1.165) is 6.07 Å². The number of rotatable bonds is 3. The summed E-state index contributed by atoms with van der Waals surface area (Å²) in [5.74, 6) is -0.870. The molecule has 0 saturated heterocycles. The van der Waals surface area contributed by atoms with Crippen LogP contribution < -0.4 is 15.8 Å². The number of nitrogens with one attached hydrogen (secondary N) is 1. The third-order valence-corrected chi connectivity index (χ3v) is 2.88. The second kappa shape index (κ2) is 5.79. The molecule has 0 aliphatic heterocycles. The first-order valence-electron chi connectivity index (χ1n) is 5.71. The van der Waals surface area contributed by atoms with E-state index in [1.165, 1.54) is 25.3 Å². The van der Waals surface area contributed by atoms with Gasteiger partial charge in [-0.3, -0.25) is 4.79 Å². The first-order valence-corrected chi connectivity index (χ1v) is 6.09. The molecule has 20 heavy (non-hydrogen) atoms. The molecule has 0 unspecified atom stereocenters. The van der Waals surface area contributed by atoms with Crippen LogP contribution in [0, 0.1) is 5.82 Å². The highest BCUT2D eigenvalue weighted by Crippen LogP contribution is 2.28. The predicted molar refractivity (Wildman–Crippen MR) is 76.8 cm³/mol. The molecule has 2 rings (SSSR count). The van der Waals surface area contributed by atoms with Crippen LogP contribution in [0.2, 0.25) is 5.02 Å². The predicted octanol–water partition coefficient (Wildman–Crippen LogP) is 3.32. The van der Waals surface area contributed by atoms with E-state index in [-0.39, 0.29) is 11.3 Å². The van der Waals surface area contributed by atoms with Gasteiger partial charge in [0.2, 0.25) is 0 Å². The van der Waals surface area contributed by atoms with Crippen LogP contribution in [0.3, 0.4) is 0 Å². The van der Waals surface area contributed by atoms with E-state index >= 15 is 0 Å². The number of carbonyl (C=O) groups excluding carboxylic acids is 1. The maximum absolute atomic E-state index is 13.7. The zero-order valence-corrected chi connectivity index (χ0v) is 11.4. The van der Waals surface area contributed by atoms with E-state index in [0.29, 0.717) is 16.5 Å². The summed E-state index contributed by atoms with van der Waals surface area (Å²) in [4.78, 5) is 12.0. The Morgan fingerprint density at radius 2 is 2.05 bits per heavy atom. The van der Waals surface area contributed by atoms with Gasteiger partial charge in [0.15, 0.2) is 0 Å². The SMILES string of the molecule is COc1ccc(Cl)cc1NC(=O)c1ccc(N)cc1F. The normalized spacial score (nSPS) is 10.2. The number of hydrogen-bond donors (Lipinski definition) is 2. The zero-order chi connectivity index (χ0) is 14.7. The summed E-state index contributed by atoms with van der Waals surface area (Å²) in [6.45, 7) is 0. The number of amides is 1. The first kappa shape index (κ1) is 14.1. The van der Waals surface area contributed by atoms with Crippen molar-refractivity contribution >= 4 is 28.9 Å². The third-order valence-electron chi connectivity index (χ3n) is 2.65. The molecule has 0 spiro atoms. The van der Waals surface area contributed by atoms with Crippen LogP contribution in [0.15, 0.2) is 36.4 Å². The Morgan fingerprint density at radius 3 is 2.70 bits per heavy atom. The van der Waals surface area contributed by atoms with Gasteiger partial charge in [-0.1, -0.05) is 11.6 Å². The minimum Gasteiger partial charge on any atom is -0.495 e. The van der Waals surface area contributed by atoms with E-state index in [9.17, 15) is 9.18 Å². The van der Waals surface area contributed by atoms with Crippen molar-refractivity contribution in [2.24, 2.45) is 0 Å². The highest BCUT2D eigenvalue weighted by molar-refractivity contribution is 6.31. The van der Waals surface area contributed by atoms with E-state index in [2.05, 4.69) is 5.32 Å². The molecule has 0 fully saturated rings. The maximum atomic E-state index is 13.7. The van der Waals surface area contributed by atoms with Crippen LogP contribution >= 0.6 is 11.6 Å². The Hall–Kier alpha value is -2.27. The van der Waals surface area contributed by atoms with Crippen LogP contribution in [0.1, 0.15) is 10.4 Å². The number of nitrogen functional groups attached to an aromatic ring is 1. The maximum Gasteiger partial charge on any atom is 0.258 e. The molecule has 0 saturated carbocycles. The van der Waals surface area contributed by atoms with Crippen LogP contribution in [0.5, 0.6) is 5.75 Å². The van der Waals surface area contributed by atoms with Crippen molar-refractivity contribution in [3.63, 3.8) is 0 Å². The fourth-order valence-electron chi connectivity index (χ4n) is 1.68. The second-order valence-corrected chi connectivity index (χ2v) is 4.47. The number of carbonyl (C=O) groups is 1. The quantitative estimate of drug-likeness (QED) is 0.854. The molecule has 2 aromatic rings. The number of halogens is 2. The summed E-state index contributed by atoms with van der Waals surface area (Å²) in [7, 11) is 1.46. The Bertz CT molecular complexity index is 662. The van der Waals surface area contributed by atoms with Gasteiger partial charge < -0.3 is 15.8 Å². The lowest BCUT2D eigenvalue weighted by Crippen LogP contribution is -2.14. The average molecular weight is 295 g/mol. The molecular weight excluding hydrogens is 283 g/mol. The molecule has 1 amide bonds. The van der Waals surface area contributed by atoms with Gasteiger partial charge in [0.05, 0.1) is 18.4 Å². The Morgan fingerprint density at radius 1 is 1.30 bits per heavy atom. The largest absolute Gasteiger partial charge is 0.495 e. The van der Waals surface area contributed by atoms with E-state index in [1.807, 2.05) is 0 Å². The molecule has 104 valence electrons. The lowest BCUT2D eigenvalue weighted by atomic mass is 10.1. The average Bonchev–Trinajstić information content (AvgIpc) is 2.38. The standard InChI is InChI=1S/C14H12ClFN2O2/c1-20-13-5-2-8(15)6-12(13)18-14(19)10-4-3-9(17)7-11(10)16/h2-7H,17H2,1H3,(H,18,19). The van der Waals surface area contributed by atoms with Crippen LogP contribution in [0.25, 0.3) is 0 Å². The van der Waals surface area contributed by atoms with Crippen molar-refractivity contribution in [3.8, 4) is 5.75 Å². The summed E-state index contributed by atoms with van der Waals surface area (Å²) in [5, 5.41) is 2.98. The molecule has 0 radical (unpaired) electrons. The van der Waals surface area contributed by atoms with Gasteiger partial charge in [0.1, 0.15) is 11.6 Å². The van der Waals surface area contributed by atoms with Gasteiger partial charge >= 0.3 is 0 Å². The van der Waals surface area contributed by atoms with Gasteiger partial charge in [-0.25, -0.2) is 4.39 Å². The molecule has 0 bridgehead atoms. The summed E-state index contributed by atoms with van der Waals surface area (Å²) in [6, 6.07) is 8.61. The molecule has 0 aromatic heterocycles. The molecule has 2 aromatic carbocycles. The van der Waals surface area contributed by atoms with Crippen molar-refractivity contribution in [2.45, 2.75) is 0 Å². The van der Waals surface area contributed by atoms with Gasteiger partial charge in [-0.2, -0.15) is 0 Å². The first-order chi connectivity index (χ1) is 9.51. The van der Waals surface area contributed by atoms with Crippen molar-refractivity contribution < 1.29 is 13.9 Å². The molecule has 0 heterocycles. The smallest absolute Gasteiger partial charge is 0.258 e. The topological polar surface area (TPSA) is 64.3 Å². The molecule has 0 aliphatic rings. The van der Waals surface area contributed by atoms with Gasteiger partial charge in [0, 0.05) is 10.7 Å². The van der Waals surface area contributed by atoms with Crippen LogP contribution in [0.4, 0.5) is 15.8 Å². The minimum atomic E-state index is -0.691. The molecule has 0 aliphatic carbocycles. The highest BCUT2D eigenvalue weighted by atomic mass is 35.5. The number of hydrogen-bond acceptors (Lipinski definition) is 3. The molecule has 6 heteroatoms. The Labute approximate surface area is 120 Å². The Kier molecular flexibility index (Phi) is 4.10. The summed E-state index contributed by atoms with van der Waals surface area (Å²) in [5.41, 5.74) is 5.94. The molecule has 4 nitrogen and oxygen atoms in total. The second-order valence-electron chi connectivity index (χ2n) is 4.04. The minimum absolute atomic E-state index is 0.110. The van der Waals surface area contributed by atoms with Gasteiger partial charge in [0.25, 0.3) is 5.91 Å².